The van der Waals surface area contributed by atoms with Crippen LogP contribution < -0.4 is 0 Å². The van der Waals surface area contributed by atoms with Crippen LogP contribution in [-0.2, 0) is 12.8 Å². The fourth-order valence-corrected chi connectivity index (χ4v) is 3.12. The lowest BCUT2D eigenvalue weighted by atomic mass is 10.0. The summed E-state index contributed by atoms with van der Waals surface area (Å²) in [5.74, 6) is -0.397. The molecule has 1 aromatic heterocycles. The number of nitrogens with zero attached hydrogens (tertiary/aromatic N) is 1. The van der Waals surface area contributed by atoms with Gasteiger partial charge < -0.3 is 0 Å². The van der Waals surface area contributed by atoms with Gasteiger partial charge in [0.2, 0.25) is 0 Å². The first kappa shape index (κ1) is 12.2. The number of halogens is 3. The summed E-state index contributed by atoms with van der Waals surface area (Å²) in [6.45, 7) is 0. The van der Waals surface area contributed by atoms with Gasteiger partial charge in [0, 0.05) is 16.1 Å². The minimum absolute atomic E-state index is 0.338. The van der Waals surface area contributed by atoms with Crippen LogP contribution in [0.25, 0.3) is 10.9 Å². The topological polar surface area (TPSA) is 12.9 Å². The molecule has 2 aromatic rings. The Bertz CT molecular complexity index is 625. The van der Waals surface area contributed by atoms with Crippen molar-refractivity contribution in [1.29, 1.82) is 0 Å². The minimum Gasteiger partial charge on any atom is -0.249 e. The summed E-state index contributed by atoms with van der Waals surface area (Å²) < 4.78 is 13.9. The molecular formula is C14H12Cl2FN. The SMILES string of the molecule is Fc1cc(Cl)cc2c(Cl)c3c(nc12)CCCCC3. The van der Waals surface area contributed by atoms with Crippen LogP contribution in [0.1, 0.15) is 30.5 Å². The van der Waals surface area contributed by atoms with E-state index in [4.69, 9.17) is 23.2 Å². The number of hydrogen-bond acceptors (Lipinski definition) is 1. The third-order valence-electron chi connectivity index (χ3n) is 3.47. The second kappa shape index (κ2) is 4.67. The van der Waals surface area contributed by atoms with Gasteiger partial charge in [0.15, 0.2) is 5.82 Å². The number of aryl methyl sites for hydroxylation is 1. The summed E-state index contributed by atoms with van der Waals surface area (Å²) >= 11 is 12.3. The van der Waals surface area contributed by atoms with Gasteiger partial charge in [0.1, 0.15) is 5.52 Å². The van der Waals surface area contributed by atoms with Gasteiger partial charge in [-0.1, -0.05) is 29.6 Å². The highest BCUT2D eigenvalue weighted by Crippen LogP contribution is 2.34. The number of hydrogen-bond donors (Lipinski definition) is 0. The average molecular weight is 284 g/mol. The van der Waals surface area contributed by atoms with E-state index >= 15 is 0 Å². The Kier molecular flexibility index (Phi) is 3.16. The van der Waals surface area contributed by atoms with Crippen molar-refractivity contribution in [2.24, 2.45) is 0 Å². The number of aromatic nitrogens is 1. The Hall–Kier alpha value is -0.860. The van der Waals surface area contributed by atoms with Crippen molar-refractivity contribution in [1.82, 2.24) is 4.98 Å². The quantitative estimate of drug-likeness (QED) is 0.624. The number of fused-ring (bicyclic) bond motifs is 2. The maximum atomic E-state index is 13.9. The molecule has 1 aliphatic rings. The van der Waals surface area contributed by atoms with Crippen molar-refractivity contribution < 1.29 is 4.39 Å². The Balaban J connectivity index is 2.34. The normalized spacial score (nSPS) is 15.5. The van der Waals surface area contributed by atoms with Gasteiger partial charge >= 0.3 is 0 Å². The first-order valence-corrected chi connectivity index (χ1v) is 6.88. The molecule has 0 N–H and O–H groups in total. The summed E-state index contributed by atoms with van der Waals surface area (Å²) in [6.07, 6.45) is 5.19. The van der Waals surface area contributed by atoms with Crippen LogP contribution in [0.5, 0.6) is 0 Å². The molecule has 0 atom stereocenters. The Morgan fingerprint density at radius 1 is 1.06 bits per heavy atom. The van der Waals surface area contributed by atoms with E-state index in [1.54, 1.807) is 6.07 Å². The third-order valence-corrected chi connectivity index (χ3v) is 4.12. The monoisotopic (exact) mass is 283 g/mol. The number of benzene rings is 1. The van der Waals surface area contributed by atoms with Crippen LogP contribution >= 0.6 is 23.2 Å². The van der Waals surface area contributed by atoms with Gasteiger partial charge in [0.25, 0.3) is 0 Å². The molecule has 0 saturated carbocycles. The highest BCUT2D eigenvalue weighted by atomic mass is 35.5. The van der Waals surface area contributed by atoms with Gasteiger partial charge in [-0.15, -0.1) is 0 Å². The molecule has 94 valence electrons. The van der Waals surface area contributed by atoms with E-state index in [0.29, 0.717) is 20.9 Å². The number of pyridine rings is 1. The lowest BCUT2D eigenvalue weighted by Crippen LogP contribution is -1.99. The minimum atomic E-state index is -0.397. The van der Waals surface area contributed by atoms with Gasteiger partial charge in [-0.3, -0.25) is 0 Å². The average Bonchev–Trinajstić information content (AvgIpc) is 2.56. The molecule has 1 heterocycles. The molecule has 3 rings (SSSR count). The van der Waals surface area contributed by atoms with Gasteiger partial charge in [-0.25, -0.2) is 9.37 Å². The van der Waals surface area contributed by atoms with E-state index in [0.717, 1.165) is 36.9 Å². The van der Waals surface area contributed by atoms with Crippen LogP contribution in [0, 0.1) is 5.82 Å². The number of rotatable bonds is 0. The zero-order valence-corrected chi connectivity index (χ0v) is 11.3. The van der Waals surface area contributed by atoms with Gasteiger partial charge in [-0.05, 0) is 43.4 Å². The van der Waals surface area contributed by atoms with Crippen LogP contribution in [0.3, 0.4) is 0 Å². The Labute approximate surface area is 115 Å². The van der Waals surface area contributed by atoms with Gasteiger partial charge in [-0.2, -0.15) is 0 Å². The summed E-state index contributed by atoms with van der Waals surface area (Å²) in [4.78, 5) is 4.46. The predicted molar refractivity (Wildman–Crippen MR) is 73.0 cm³/mol. The van der Waals surface area contributed by atoms with Crippen molar-refractivity contribution in [2.45, 2.75) is 32.1 Å². The van der Waals surface area contributed by atoms with E-state index in [-0.39, 0.29) is 0 Å². The third kappa shape index (κ3) is 1.98. The smallest absolute Gasteiger partial charge is 0.150 e. The van der Waals surface area contributed by atoms with E-state index in [1.807, 2.05) is 0 Å². The van der Waals surface area contributed by atoms with Crippen LogP contribution in [0.4, 0.5) is 4.39 Å². The molecule has 0 bridgehead atoms. The highest BCUT2D eigenvalue weighted by Gasteiger charge is 2.18. The van der Waals surface area contributed by atoms with Crippen molar-refractivity contribution >= 4 is 34.1 Å². The predicted octanol–water partition coefficient (Wildman–Crippen LogP) is 4.95. The lowest BCUT2D eigenvalue weighted by molar-refractivity contribution is 0.636. The molecule has 0 spiro atoms. The largest absolute Gasteiger partial charge is 0.249 e. The molecule has 1 nitrogen and oxygen atoms in total. The molecule has 0 amide bonds. The molecule has 18 heavy (non-hydrogen) atoms. The van der Waals surface area contributed by atoms with Crippen molar-refractivity contribution in [2.75, 3.05) is 0 Å². The Morgan fingerprint density at radius 3 is 2.67 bits per heavy atom. The van der Waals surface area contributed by atoms with E-state index in [2.05, 4.69) is 4.98 Å². The van der Waals surface area contributed by atoms with Crippen LogP contribution in [0.15, 0.2) is 12.1 Å². The van der Waals surface area contributed by atoms with Crippen molar-refractivity contribution in [3.05, 3.63) is 39.3 Å². The maximum Gasteiger partial charge on any atom is 0.150 e. The summed E-state index contributed by atoms with van der Waals surface area (Å²) in [7, 11) is 0. The Morgan fingerprint density at radius 2 is 1.83 bits per heavy atom. The second-order valence-corrected chi connectivity index (χ2v) is 5.51. The molecule has 0 aliphatic heterocycles. The van der Waals surface area contributed by atoms with Crippen LogP contribution in [0.2, 0.25) is 10.0 Å². The van der Waals surface area contributed by atoms with Crippen LogP contribution in [-0.4, -0.2) is 4.98 Å². The molecule has 4 heteroatoms. The summed E-state index contributed by atoms with van der Waals surface area (Å²) in [5.41, 5.74) is 2.36. The standard InChI is InChI=1S/C14H12Cl2FN/c15-8-6-10-13(16)9-4-2-1-3-5-12(9)18-14(10)11(17)7-8/h6-7H,1-5H2. The summed E-state index contributed by atoms with van der Waals surface area (Å²) in [6, 6.07) is 2.98. The zero-order valence-electron chi connectivity index (χ0n) is 9.77. The molecule has 1 aliphatic carbocycles. The lowest BCUT2D eigenvalue weighted by Gasteiger charge is -2.11. The maximum absolute atomic E-state index is 13.9. The molecule has 0 radical (unpaired) electrons. The molecule has 0 unspecified atom stereocenters. The molecule has 0 fully saturated rings. The van der Waals surface area contributed by atoms with E-state index < -0.39 is 5.82 Å². The van der Waals surface area contributed by atoms with E-state index in [1.165, 1.54) is 12.5 Å². The molecule has 0 saturated heterocycles. The fraction of sp³-hybridized carbons (Fsp3) is 0.357. The molecule has 1 aromatic carbocycles. The van der Waals surface area contributed by atoms with Crippen molar-refractivity contribution in [3.63, 3.8) is 0 Å². The first-order chi connectivity index (χ1) is 8.66. The van der Waals surface area contributed by atoms with E-state index in [9.17, 15) is 4.39 Å². The highest BCUT2D eigenvalue weighted by molar-refractivity contribution is 6.37. The zero-order chi connectivity index (χ0) is 12.7. The summed E-state index contributed by atoms with van der Waals surface area (Å²) in [5, 5.41) is 1.61. The van der Waals surface area contributed by atoms with Gasteiger partial charge in [0.05, 0.1) is 5.02 Å². The second-order valence-electron chi connectivity index (χ2n) is 4.70. The molecular weight excluding hydrogens is 272 g/mol. The fourth-order valence-electron chi connectivity index (χ4n) is 2.57. The van der Waals surface area contributed by atoms with Crippen molar-refractivity contribution in [3.8, 4) is 0 Å². The first-order valence-electron chi connectivity index (χ1n) is 6.13.